The van der Waals surface area contributed by atoms with Crippen LogP contribution in [-0.4, -0.2) is 35.0 Å². The average molecular weight is 459 g/mol. The van der Waals surface area contributed by atoms with E-state index in [0.717, 1.165) is 5.39 Å². The van der Waals surface area contributed by atoms with Crippen LogP contribution in [0.1, 0.15) is 16.1 Å². The summed E-state index contributed by atoms with van der Waals surface area (Å²) >= 11 is 0. The van der Waals surface area contributed by atoms with Crippen molar-refractivity contribution in [2.45, 2.75) is 13.3 Å². The van der Waals surface area contributed by atoms with Gasteiger partial charge in [0, 0.05) is 36.3 Å². The summed E-state index contributed by atoms with van der Waals surface area (Å²) in [6.07, 6.45) is 3.02. The van der Waals surface area contributed by atoms with Crippen LogP contribution in [0.2, 0.25) is 0 Å². The minimum absolute atomic E-state index is 0.0571. The predicted octanol–water partition coefficient (Wildman–Crippen LogP) is 2.57. The van der Waals surface area contributed by atoms with Gasteiger partial charge < -0.3 is 19.7 Å². The lowest BCUT2D eigenvalue weighted by atomic mass is 10.2. The summed E-state index contributed by atoms with van der Waals surface area (Å²) in [5.74, 6) is -0.749. The summed E-state index contributed by atoms with van der Waals surface area (Å²) in [6, 6.07) is 11.5. The Morgan fingerprint density at radius 1 is 1.25 bits per heavy atom. The van der Waals surface area contributed by atoms with Crippen molar-refractivity contribution in [1.29, 1.82) is 0 Å². The summed E-state index contributed by atoms with van der Waals surface area (Å²) < 4.78 is 31.9. The molecule has 0 aliphatic heterocycles. The Labute approximate surface area is 181 Å². The Bertz CT molecular complexity index is 1350. The SMILES string of the molecule is Cn1c(C(=O)NCc2ccccc2F)cc2ccc(-c3cnn(COP(=O)(O)O)c3)nc21. The highest BCUT2D eigenvalue weighted by atomic mass is 31.2. The number of nitrogens with one attached hydrogen (secondary N) is 1. The first-order chi connectivity index (χ1) is 15.2. The van der Waals surface area contributed by atoms with Crippen molar-refractivity contribution < 1.29 is 28.1 Å². The van der Waals surface area contributed by atoms with Crippen molar-refractivity contribution in [3.8, 4) is 11.3 Å². The van der Waals surface area contributed by atoms with E-state index in [1.165, 1.54) is 23.1 Å². The molecular formula is C20H19FN5O5P. The van der Waals surface area contributed by atoms with Crippen molar-refractivity contribution >= 4 is 24.8 Å². The number of aromatic nitrogens is 4. The molecule has 3 heterocycles. The van der Waals surface area contributed by atoms with E-state index in [1.54, 1.807) is 48.0 Å². The third-order valence-electron chi connectivity index (χ3n) is 4.79. The van der Waals surface area contributed by atoms with Gasteiger partial charge in [-0.3, -0.25) is 9.32 Å². The van der Waals surface area contributed by atoms with Crippen molar-refractivity contribution in [3.63, 3.8) is 0 Å². The number of carbonyl (C=O) groups is 1. The van der Waals surface area contributed by atoms with Crippen LogP contribution in [0.4, 0.5) is 4.39 Å². The van der Waals surface area contributed by atoms with Gasteiger partial charge in [0.1, 0.15) is 17.2 Å². The maximum absolute atomic E-state index is 13.8. The molecule has 12 heteroatoms. The number of fused-ring (bicyclic) bond motifs is 1. The Morgan fingerprint density at radius 3 is 2.78 bits per heavy atom. The van der Waals surface area contributed by atoms with Gasteiger partial charge in [-0.15, -0.1) is 0 Å². The van der Waals surface area contributed by atoms with Gasteiger partial charge in [-0.25, -0.2) is 18.6 Å². The van der Waals surface area contributed by atoms with Gasteiger partial charge in [0.15, 0.2) is 6.73 Å². The highest BCUT2D eigenvalue weighted by Crippen LogP contribution is 2.36. The molecule has 10 nitrogen and oxygen atoms in total. The zero-order chi connectivity index (χ0) is 22.9. The molecular weight excluding hydrogens is 440 g/mol. The fourth-order valence-electron chi connectivity index (χ4n) is 3.19. The van der Waals surface area contributed by atoms with E-state index >= 15 is 0 Å². The zero-order valence-electron chi connectivity index (χ0n) is 16.8. The second-order valence-electron chi connectivity index (χ2n) is 6.99. The quantitative estimate of drug-likeness (QED) is 0.362. The number of benzene rings is 1. The molecule has 166 valence electrons. The molecule has 0 spiro atoms. The lowest BCUT2D eigenvalue weighted by Gasteiger charge is -2.07. The second-order valence-corrected chi connectivity index (χ2v) is 8.23. The van der Waals surface area contributed by atoms with E-state index in [1.807, 2.05) is 0 Å². The van der Waals surface area contributed by atoms with Crippen LogP contribution in [0.25, 0.3) is 22.3 Å². The molecule has 0 aliphatic rings. The summed E-state index contributed by atoms with van der Waals surface area (Å²) in [5, 5.41) is 7.45. The van der Waals surface area contributed by atoms with Gasteiger partial charge >= 0.3 is 7.82 Å². The third-order valence-corrected chi connectivity index (χ3v) is 5.25. The monoisotopic (exact) mass is 459 g/mol. The van der Waals surface area contributed by atoms with Crippen molar-refractivity contribution in [1.82, 2.24) is 24.6 Å². The first-order valence-corrected chi connectivity index (χ1v) is 11.0. The number of phosphoric ester groups is 1. The third kappa shape index (κ3) is 4.76. The first-order valence-electron chi connectivity index (χ1n) is 9.42. The normalized spacial score (nSPS) is 11.8. The number of carbonyl (C=O) groups excluding carboxylic acids is 1. The van der Waals surface area contributed by atoms with E-state index in [0.29, 0.717) is 28.2 Å². The lowest BCUT2D eigenvalue weighted by Crippen LogP contribution is -2.25. The molecule has 4 rings (SSSR count). The van der Waals surface area contributed by atoms with Crippen LogP contribution in [-0.2, 0) is 29.4 Å². The molecule has 32 heavy (non-hydrogen) atoms. The molecule has 0 aliphatic carbocycles. The molecule has 3 N–H and O–H groups in total. The smallest absolute Gasteiger partial charge is 0.347 e. The lowest BCUT2D eigenvalue weighted by molar-refractivity contribution is 0.0942. The number of pyridine rings is 1. The second kappa shape index (κ2) is 8.64. The number of phosphoric acid groups is 1. The van der Waals surface area contributed by atoms with Gasteiger partial charge in [-0.1, -0.05) is 18.2 Å². The number of nitrogens with zero attached hydrogens (tertiary/aromatic N) is 4. The minimum Gasteiger partial charge on any atom is -0.347 e. The molecule has 0 radical (unpaired) electrons. The maximum atomic E-state index is 13.8. The fraction of sp³-hybridized carbons (Fsp3) is 0.150. The highest BCUT2D eigenvalue weighted by molar-refractivity contribution is 7.46. The Hall–Kier alpha value is -3.37. The van der Waals surface area contributed by atoms with Crippen LogP contribution >= 0.6 is 7.82 Å². The molecule has 4 aromatic rings. The molecule has 0 fully saturated rings. The highest BCUT2D eigenvalue weighted by Gasteiger charge is 2.17. The maximum Gasteiger partial charge on any atom is 0.471 e. The molecule has 1 amide bonds. The van der Waals surface area contributed by atoms with Crippen LogP contribution in [0.5, 0.6) is 0 Å². The van der Waals surface area contributed by atoms with Crippen molar-refractivity contribution in [2.75, 3.05) is 0 Å². The van der Waals surface area contributed by atoms with Gasteiger partial charge in [-0.2, -0.15) is 5.10 Å². The summed E-state index contributed by atoms with van der Waals surface area (Å²) in [7, 11) is -2.90. The topological polar surface area (TPSA) is 132 Å². The number of amides is 1. The summed E-state index contributed by atoms with van der Waals surface area (Å²) in [6.45, 7) is -0.357. The fourth-order valence-corrected chi connectivity index (χ4v) is 3.45. The minimum atomic E-state index is -4.61. The van der Waals surface area contributed by atoms with Crippen LogP contribution in [0, 0.1) is 5.82 Å². The molecule has 0 atom stereocenters. The Balaban J connectivity index is 1.53. The molecule has 3 aromatic heterocycles. The number of hydrogen-bond acceptors (Lipinski definition) is 5. The van der Waals surface area contributed by atoms with Gasteiger partial charge in [-0.05, 0) is 24.3 Å². The zero-order valence-corrected chi connectivity index (χ0v) is 17.7. The van der Waals surface area contributed by atoms with E-state index in [-0.39, 0.29) is 18.3 Å². The number of halogens is 1. The van der Waals surface area contributed by atoms with Gasteiger partial charge in [0.05, 0.1) is 11.9 Å². The summed E-state index contributed by atoms with van der Waals surface area (Å²) in [5.41, 5.74) is 2.47. The predicted molar refractivity (Wildman–Crippen MR) is 113 cm³/mol. The largest absolute Gasteiger partial charge is 0.471 e. The molecule has 1 aromatic carbocycles. The molecule has 0 bridgehead atoms. The van der Waals surface area contributed by atoms with Crippen molar-refractivity contribution in [3.05, 3.63) is 71.9 Å². The number of hydrogen-bond donors (Lipinski definition) is 3. The van der Waals surface area contributed by atoms with E-state index < -0.39 is 14.6 Å². The Kier molecular flexibility index (Phi) is 5.90. The van der Waals surface area contributed by atoms with Crippen LogP contribution < -0.4 is 5.32 Å². The van der Waals surface area contributed by atoms with Crippen LogP contribution in [0.15, 0.2) is 54.9 Å². The standard InChI is InChI=1S/C20H19FN5O5P/c1-25-18(20(27)22-9-14-4-2-3-5-16(14)21)8-13-6-7-17(24-19(13)25)15-10-23-26(11-15)12-31-32(28,29)30/h2-8,10-11H,9,12H2,1H3,(H,22,27)(H2,28,29,30). The van der Waals surface area contributed by atoms with E-state index in [9.17, 15) is 13.8 Å². The number of aryl methyl sites for hydroxylation is 1. The molecule has 0 saturated carbocycles. The number of rotatable bonds is 7. The Morgan fingerprint density at radius 2 is 2.03 bits per heavy atom. The van der Waals surface area contributed by atoms with Crippen molar-refractivity contribution in [2.24, 2.45) is 7.05 Å². The first kappa shape index (κ1) is 21.8. The van der Waals surface area contributed by atoms with Gasteiger partial charge in [0.25, 0.3) is 5.91 Å². The molecule has 0 saturated heterocycles. The summed E-state index contributed by atoms with van der Waals surface area (Å²) in [4.78, 5) is 34.8. The van der Waals surface area contributed by atoms with Crippen LogP contribution in [0.3, 0.4) is 0 Å². The molecule has 0 unspecified atom stereocenters. The van der Waals surface area contributed by atoms with E-state index in [2.05, 4.69) is 19.9 Å². The average Bonchev–Trinajstić information content (AvgIpc) is 3.36. The van der Waals surface area contributed by atoms with Gasteiger partial charge in [0.2, 0.25) is 0 Å². The van der Waals surface area contributed by atoms with E-state index in [4.69, 9.17) is 9.79 Å².